The Morgan fingerprint density at radius 1 is 1.32 bits per heavy atom. The van der Waals surface area contributed by atoms with Gasteiger partial charge in [-0.05, 0) is 56.5 Å². The molecule has 7 heteroatoms. The molecule has 0 aliphatic carbocycles. The molecule has 0 saturated carbocycles. The Morgan fingerprint density at radius 2 is 2.08 bits per heavy atom. The third-order valence-electron chi connectivity index (χ3n) is 4.75. The molecule has 0 amide bonds. The van der Waals surface area contributed by atoms with Crippen LogP contribution in [0.4, 0.5) is 0 Å². The van der Waals surface area contributed by atoms with Crippen LogP contribution in [0.15, 0.2) is 36.5 Å². The minimum Gasteiger partial charge on any atom is -0.492 e. The zero-order chi connectivity index (χ0) is 18.2. The number of nitrogens with zero attached hydrogens (tertiary/aromatic N) is 1. The van der Waals surface area contributed by atoms with Crippen molar-refractivity contribution in [2.75, 3.05) is 6.61 Å². The van der Waals surface area contributed by atoms with Crippen LogP contribution in [-0.4, -0.2) is 20.5 Å². The summed E-state index contributed by atoms with van der Waals surface area (Å²) >= 11 is 12.4. The van der Waals surface area contributed by atoms with E-state index in [0.717, 1.165) is 17.0 Å². The summed E-state index contributed by atoms with van der Waals surface area (Å²) < 4.78 is 17.3. The summed E-state index contributed by atoms with van der Waals surface area (Å²) in [5.41, 5.74) is 1.29. The van der Waals surface area contributed by atoms with Crippen LogP contribution in [0.25, 0.3) is 0 Å². The van der Waals surface area contributed by atoms with Gasteiger partial charge in [0.05, 0.1) is 38.1 Å². The molecular formula is C18H20Cl2N2O2S. The molecule has 25 heavy (non-hydrogen) atoms. The molecule has 2 N–H and O–H groups in total. The molecule has 0 spiro atoms. The molecule has 1 aromatic carbocycles. The largest absolute Gasteiger partial charge is 0.492 e. The van der Waals surface area contributed by atoms with Crippen LogP contribution in [0, 0.1) is 0 Å². The van der Waals surface area contributed by atoms with Gasteiger partial charge in [0.15, 0.2) is 0 Å². The number of rotatable bonds is 4. The lowest BCUT2D eigenvalue weighted by atomic mass is 9.68. The molecule has 1 aliphatic rings. The van der Waals surface area contributed by atoms with Gasteiger partial charge in [0.1, 0.15) is 5.75 Å². The fourth-order valence-corrected chi connectivity index (χ4v) is 4.15. The Kier molecular flexibility index (Phi) is 5.13. The summed E-state index contributed by atoms with van der Waals surface area (Å²) in [6, 6.07) is 9.35. The molecule has 3 rings (SSSR count). The van der Waals surface area contributed by atoms with E-state index in [-0.39, 0.29) is 0 Å². The van der Waals surface area contributed by atoms with Gasteiger partial charge in [-0.15, -0.1) is 0 Å². The van der Waals surface area contributed by atoms with Crippen molar-refractivity contribution < 1.29 is 8.95 Å². The first-order valence-corrected chi connectivity index (χ1v) is 9.93. The minimum absolute atomic E-state index is 0.481. The van der Waals surface area contributed by atoms with E-state index in [4.69, 9.17) is 33.1 Å². The molecule has 0 radical (unpaired) electrons. The highest BCUT2D eigenvalue weighted by atomic mass is 35.5. The van der Waals surface area contributed by atoms with Crippen molar-refractivity contribution in [1.29, 1.82) is 0 Å². The average molecular weight is 399 g/mol. The highest BCUT2D eigenvalue weighted by molar-refractivity contribution is 7.84. The van der Waals surface area contributed by atoms with Gasteiger partial charge in [0.2, 0.25) is 0 Å². The lowest BCUT2D eigenvalue weighted by molar-refractivity contribution is 0.215. The third kappa shape index (κ3) is 3.43. The van der Waals surface area contributed by atoms with Gasteiger partial charge in [-0.3, -0.25) is 10.1 Å². The lowest BCUT2D eigenvalue weighted by Gasteiger charge is -2.42. The highest BCUT2D eigenvalue weighted by Crippen LogP contribution is 2.48. The molecule has 0 saturated heterocycles. The number of aromatic nitrogens is 1. The zero-order valence-electron chi connectivity index (χ0n) is 14.1. The van der Waals surface area contributed by atoms with Gasteiger partial charge in [0.25, 0.3) is 0 Å². The predicted molar refractivity (Wildman–Crippen MR) is 103 cm³/mol. The fourth-order valence-electron chi connectivity index (χ4n) is 3.47. The van der Waals surface area contributed by atoms with Gasteiger partial charge in [-0.1, -0.05) is 29.3 Å². The quantitative estimate of drug-likeness (QED) is 0.836. The van der Waals surface area contributed by atoms with Gasteiger partial charge >= 0.3 is 0 Å². The normalized spacial score (nSPS) is 21.3. The maximum absolute atomic E-state index is 12.1. The number of halogens is 2. The number of hydrogen-bond acceptors (Lipinski definition) is 3. The van der Waals surface area contributed by atoms with E-state index in [9.17, 15) is 4.21 Å². The van der Waals surface area contributed by atoms with Crippen molar-refractivity contribution in [1.82, 2.24) is 4.98 Å². The first-order valence-electron chi connectivity index (χ1n) is 7.96. The van der Waals surface area contributed by atoms with Crippen molar-refractivity contribution in [3.63, 3.8) is 0 Å². The fraction of sp³-hybridized carbons (Fsp3) is 0.389. The number of nitrogens with two attached hydrogens (primary N) is 1. The summed E-state index contributed by atoms with van der Waals surface area (Å²) in [5, 5.41) is 6.75. The SMILES string of the molecule is CC(C)(C[C@]1(c2ccc(Cl)c(Cl)c2)CCOc2cccnc21)S(N)=O. The number of hydrogen-bond donors (Lipinski definition) is 1. The summed E-state index contributed by atoms with van der Waals surface area (Å²) in [6.45, 7) is 4.34. The summed E-state index contributed by atoms with van der Waals surface area (Å²) in [5.74, 6) is 0.735. The van der Waals surface area contributed by atoms with Crippen LogP contribution in [0.1, 0.15) is 37.9 Å². The number of pyridine rings is 1. The standard InChI is InChI=1S/C18H20Cl2N2O2S/c1-17(2,25(21)23)11-18(12-5-6-13(19)14(20)10-12)7-9-24-15-4-3-8-22-16(15)18/h3-6,8,10H,7,9,11,21H2,1-2H3/t18-,25?/m0/s1. The van der Waals surface area contributed by atoms with E-state index in [0.29, 0.717) is 29.5 Å². The first-order chi connectivity index (χ1) is 11.8. The van der Waals surface area contributed by atoms with Crippen molar-refractivity contribution >= 4 is 34.2 Å². The zero-order valence-corrected chi connectivity index (χ0v) is 16.4. The molecule has 2 atom stereocenters. The molecule has 0 fully saturated rings. The minimum atomic E-state index is -1.49. The summed E-state index contributed by atoms with van der Waals surface area (Å²) in [7, 11) is -1.49. The highest BCUT2D eigenvalue weighted by Gasteiger charge is 2.46. The molecule has 1 aromatic heterocycles. The Bertz CT molecular complexity index is 828. The van der Waals surface area contributed by atoms with E-state index in [1.54, 1.807) is 12.3 Å². The van der Waals surface area contributed by atoms with Crippen LogP contribution < -0.4 is 9.88 Å². The maximum atomic E-state index is 12.1. The molecule has 2 aromatic rings. The Morgan fingerprint density at radius 3 is 2.76 bits per heavy atom. The van der Waals surface area contributed by atoms with Crippen molar-refractivity contribution in [3.8, 4) is 5.75 Å². The predicted octanol–water partition coefficient (Wildman–Crippen LogP) is 4.25. The van der Waals surface area contributed by atoms with Crippen LogP contribution in [0.3, 0.4) is 0 Å². The molecule has 4 nitrogen and oxygen atoms in total. The van der Waals surface area contributed by atoms with E-state index < -0.39 is 21.1 Å². The monoisotopic (exact) mass is 398 g/mol. The van der Waals surface area contributed by atoms with E-state index in [1.165, 1.54) is 0 Å². The summed E-state index contributed by atoms with van der Waals surface area (Å²) in [6.07, 6.45) is 2.98. The molecule has 134 valence electrons. The van der Waals surface area contributed by atoms with Crippen LogP contribution >= 0.6 is 23.2 Å². The van der Waals surface area contributed by atoms with Gasteiger partial charge < -0.3 is 4.74 Å². The second-order valence-electron chi connectivity index (χ2n) is 6.89. The third-order valence-corrected chi connectivity index (χ3v) is 6.73. The van der Waals surface area contributed by atoms with Crippen molar-refractivity contribution in [2.24, 2.45) is 5.14 Å². The maximum Gasteiger partial charge on any atom is 0.141 e. The Hall–Kier alpha value is -1.14. The molecule has 1 unspecified atom stereocenters. The van der Waals surface area contributed by atoms with Crippen molar-refractivity contribution in [3.05, 3.63) is 57.8 Å². The molecule has 1 aliphatic heterocycles. The smallest absolute Gasteiger partial charge is 0.141 e. The van der Waals surface area contributed by atoms with Crippen LogP contribution in [-0.2, 0) is 16.4 Å². The van der Waals surface area contributed by atoms with Crippen LogP contribution in [0.2, 0.25) is 10.0 Å². The molecule has 2 heterocycles. The number of ether oxygens (including phenoxy) is 1. The Labute approximate surface area is 160 Å². The topological polar surface area (TPSA) is 65.2 Å². The van der Waals surface area contributed by atoms with E-state index in [1.807, 2.05) is 38.1 Å². The molecular weight excluding hydrogens is 379 g/mol. The Balaban J connectivity index is 2.23. The average Bonchev–Trinajstić information content (AvgIpc) is 2.57. The van der Waals surface area contributed by atoms with Gasteiger partial charge in [-0.25, -0.2) is 4.21 Å². The molecule has 0 bridgehead atoms. The lowest BCUT2D eigenvalue weighted by Crippen LogP contribution is -2.44. The second-order valence-corrected chi connectivity index (χ2v) is 9.41. The van der Waals surface area contributed by atoms with E-state index in [2.05, 4.69) is 4.98 Å². The second kappa shape index (κ2) is 6.88. The first kappa shape index (κ1) is 18.6. The van der Waals surface area contributed by atoms with Crippen LogP contribution in [0.5, 0.6) is 5.75 Å². The van der Waals surface area contributed by atoms with Crippen molar-refractivity contribution in [2.45, 2.75) is 36.9 Å². The van der Waals surface area contributed by atoms with Gasteiger partial charge in [0, 0.05) is 11.6 Å². The van der Waals surface area contributed by atoms with Gasteiger partial charge in [-0.2, -0.15) is 0 Å². The van der Waals surface area contributed by atoms with E-state index >= 15 is 0 Å². The number of fused-ring (bicyclic) bond motifs is 1. The summed E-state index contributed by atoms with van der Waals surface area (Å²) in [4.78, 5) is 4.60. The number of benzene rings is 1.